The molecule has 3 amide bonds. The molecule has 0 unspecified atom stereocenters. The zero-order valence-electron chi connectivity index (χ0n) is 25.4. The Morgan fingerprint density at radius 1 is 0.860 bits per heavy atom. The molecular weight excluding hydrogens is 546 g/mol. The van der Waals surface area contributed by atoms with Crippen molar-refractivity contribution in [2.24, 2.45) is 0 Å². The number of imide groups is 1. The number of carbonyl (C=O) groups excluding carboxylic acids is 3. The highest BCUT2D eigenvalue weighted by Gasteiger charge is 2.36. The average molecular weight is 586 g/mol. The van der Waals surface area contributed by atoms with Gasteiger partial charge in [-0.3, -0.25) is 19.3 Å². The minimum atomic E-state index is -0.555. The fraction of sp³-hybridized carbons (Fsp3) is 0.424. The van der Waals surface area contributed by atoms with Crippen LogP contribution in [0.25, 0.3) is 10.8 Å². The van der Waals surface area contributed by atoms with Crippen molar-refractivity contribution in [1.29, 1.82) is 0 Å². The van der Waals surface area contributed by atoms with E-state index in [9.17, 15) is 19.2 Å². The Morgan fingerprint density at radius 3 is 2.26 bits per heavy atom. The predicted octanol–water partition coefficient (Wildman–Crippen LogP) is 4.16. The van der Waals surface area contributed by atoms with Gasteiger partial charge in [-0.1, -0.05) is 18.0 Å². The fourth-order valence-electron chi connectivity index (χ4n) is 5.82. The molecule has 0 aliphatic carbocycles. The number of hydrogen-bond donors (Lipinski definition) is 0. The second kappa shape index (κ2) is 12.9. The summed E-state index contributed by atoms with van der Waals surface area (Å²) in [6.07, 6.45) is 4.44. The van der Waals surface area contributed by atoms with E-state index in [4.69, 9.17) is 4.52 Å². The number of aryl methyl sites for hydroxylation is 1. The minimum Gasteiger partial charge on any atom is -0.378 e. The van der Waals surface area contributed by atoms with Crippen LogP contribution < -0.4 is 15.4 Å². The van der Waals surface area contributed by atoms with Crippen LogP contribution in [0.5, 0.6) is 0 Å². The summed E-state index contributed by atoms with van der Waals surface area (Å²) >= 11 is 0. The summed E-state index contributed by atoms with van der Waals surface area (Å²) in [5.74, 6) is -0.527. The Balaban J connectivity index is 1.04. The summed E-state index contributed by atoms with van der Waals surface area (Å²) in [6.45, 7) is 7.61. The van der Waals surface area contributed by atoms with E-state index >= 15 is 0 Å². The van der Waals surface area contributed by atoms with Gasteiger partial charge in [0.25, 0.3) is 17.7 Å². The molecule has 1 saturated heterocycles. The Hall–Kier alpha value is -4.31. The third kappa shape index (κ3) is 6.39. The molecule has 226 valence electrons. The molecule has 0 spiro atoms. The van der Waals surface area contributed by atoms with Crippen LogP contribution in [-0.2, 0) is 9.59 Å². The normalized spacial score (nSPS) is 16.1. The van der Waals surface area contributed by atoms with E-state index in [2.05, 4.69) is 10.1 Å². The van der Waals surface area contributed by atoms with Crippen LogP contribution >= 0.6 is 0 Å². The van der Waals surface area contributed by atoms with E-state index in [-0.39, 0.29) is 17.7 Å². The lowest BCUT2D eigenvalue weighted by Crippen LogP contribution is -2.48. The van der Waals surface area contributed by atoms with E-state index in [0.717, 1.165) is 69.7 Å². The zero-order chi connectivity index (χ0) is 30.7. The second-order valence-corrected chi connectivity index (χ2v) is 11.6. The van der Waals surface area contributed by atoms with Crippen molar-refractivity contribution in [1.82, 2.24) is 15.0 Å². The number of carbonyl (C=O) groups is 3. The highest BCUT2D eigenvalue weighted by molar-refractivity contribution is 6.32. The van der Waals surface area contributed by atoms with Crippen LogP contribution in [0.15, 0.2) is 62.9 Å². The number of nitrogens with zero attached hydrogens (tertiary/aromatic N) is 5. The predicted molar refractivity (Wildman–Crippen MR) is 166 cm³/mol. The van der Waals surface area contributed by atoms with Gasteiger partial charge in [-0.15, -0.1) is 0 Å². The molecule has 10 nitrogen and oxygen atoms in total. The molecule has 1 fully saturated rings. The number of aromatic nitrogens is 1. The number of piperazine rings is 1. The molecule has 0 radical (unpaired) electrons. The number of hydrogen-bond acceptors (Lipinski definition) is 8. The summed E-state index contributed by atoms with van der Waals surface area (Å²) in [7, 11) is 3.97. The van der Waals surface area contributed by atoms with E-state index in [1.807, 2.05) is 48.2 Å². The van der Waals surface area contributed by atoms with Crippen LogP contribution in [0.2, 0.25) is 0 Å². The topological polar surface area (TPSA) is 107 Å². The maximum Gasteiger partial charge on any atom is 0.366 e. The molecule has 3 heterocycles. The molecule has 2 aliphatic rings. The summed E-state index contributed by atoms with van der Waals surface area (Å²) in [5.41, 5.74) is 3.23. The zero-order valence-corrected chi connectivity index (χ0v) is 25.4. The fourth-order valence-corrected chi connectivity index (χ4v) is 5.82. The maximum absolute atomic E-state index is 13.3. The lowest BCUT2D eigenvalue weighted by atomic mass is 10.0. The Labute approximate surface area is 251 Å². The van der Waals surface area contributed by atoms with Crippen LogP contribution in [0.4, 0.5) is 11.4 Å². The average Bonchev–Trinajstić information content (AvgIpc) is 3.23. The maximum atomic E-state index is 13.3. The monoisotopic (exact) mass is 585 g/mol. The van der Waals surface area contributed by atoms with Crippen molar-refractivity contribution in [2.45, 2.75) is 46.0 Å². The Morgan fingerprint density at radius 2 is 1.56 bits per heavy atom. The number of benzene rings is 2. The summed E-state index contributed by atoms with van der Waals surface area (Å²) in [5, 5.41) is 4.68. The number of amides is 3. The van der Waals surface area contributed by atoms with E-state index in [1.54, 1.807) is 32.0 Å². The number of rotatable bonds is 10. The number of anilines is 2. The quantitative estimate of drug-likeness (QED) is 0.258. The third-order valence-electron chi connectivity index (χ3n) is 8.52. The first-order valence-corrected chi connectivity index (χ1v) is 14.9. The van der Waals surface area contributed by atoms with Gasteiger partial charge in [0, 0.05) is 68.1 Å². The second-order valence-electron chi connectivity index (χ2n) is 11.6. The van der Waals surface area contributed by atoms with Gasteiger partial charge in [0.2, 0.25) is 0 Å². The van der Waals surface area contributed by atoms with E-state index < -0.39 is 5.63 Å². The van der Waals surface area contributed by atoms with E-state index in [1.165, 1.54) is 4.90 Å². The van der Waals surface area contributed by atoms with Crippen molar-refractivity contribution in [3.05, 3.63) is 75.3 Å². The molecule has 0 N–H and O–H groups in total. The van der Waals surface area contributed by atoms with Gasteiger partial charge in [0.15, 0.2) is 0 Å². The first kappa shape index (κ1) is 30.2. The van der Waals surface area contributed by atoms with Gasteiger partial charge in [-0.2, -0.15) is 0 Å². The Bertz CT molecular complexity index is 1620. The van der Waals surface area contributed by atoms with Gasteiger partial charge >= 0.3 is 5.63 Å². The molecule has 3 aromatic rings. The lowest BCUT2D eigenvalue weighted by molar-refractivity contribution is -0.120. The highest BCUT2D eigenvalue weighted by atomic mass is 16.5. The van der Waals surface area contributed by atoms with Gasteiger partial charge in [0.1, 0.15) is 0 Å². The number of unbranched alkanes of at least 4 members (excludes halogenated alkanes) is 3. The van der Waals surface area contributed by atoms with Crippen molar-refractivity contribution < 1.29 is 18.9 Å². The molecular formula is C33H39N5O5. The number of fused-ring (bicyclic) bond motifs is 1. The molecule has 1 aromatic heterocycles. The molecule has 43 heavy (non-hydrogen) atoms. The Kier molecular flexibility index (Phi) is 9.05. The van der Waals surface area contributed by atoms with Crippen molar-refractivity contribution in [2.75, 3.05) is 56.6 Å². The van der Waals surface area contributed by atoms with Gasteiger partial charge in [-0.05, 0) is 82.1 Å². The first-order chi connectivity index (χ1) is 20.7. The van der Waals surface area contributed by atoms with E-state index in [0.29, 0.717) is 39.7 Å². The summed E-state index contributed by atoms with van der Waals surface area (Å²) < 4.78 is 4.78. The largest absolute Gasteiger partial charge is 0.378 e. The molecule has 0 atom stereocenters. The van der Waals surface area contributed by atoms with Gasteiger partial charge < -0.3 is 14.3 Å². The van der Waals surface area contributed by atoms with Crippen LogP contribution in [-0.4, -0.2) is 79.5 Å². The van der Waals surface area contributed by atoms with Crippen LogP contribution in [0.1, 0.15) is 55.1 Å². The smallest absolute Gasteiger partial charge is 0.366 e. The molecule has 10 heteroatoms. The van der Waals surface area contributed by atoms with Gasteiger partial charge in [0.05, 0.1) is 16.8 Å². The summed E-state index contributed by atoms with van der Waals surface area (Å²) in [6, 6.07) is 12.6. The molecule has 2 aliphatic heterocycles. The minimum absolute atomic E-state index is 0.0911. The standard InChI is InChI=1S/C33H39N5O5/c1-22-27(32(41)38(30(22)39)26-14-15-28-29(21-26)23(2)34-43-33(28)42)9-7-5-6-8-16-36-17-19-37(20-18-36)31(40)24-10-12-25(13-11-24)35(3)4/h10-15,21H,5-9,16-20H2,1-4H3. The molecule has 5 rings (SSSR count). The molecule has 0 bridgehead atoms. The van der Waals surface area contributed by atoms with Crippen molar-refractivity contribution in [3.63, 3.8) is 0 Å². The van der Waals surface area contributed by atoms with Crippen LogP contribution in [0, 0.1) is 6.92 Å². The van der Waals surface area contributed by atoms with Crippen molar-refractivity contribution >= 4 is 39.9 Å². The SMILES string of the molecule is CC1=C(CCCCCCN2CCN(C(=O)c3ccc(N(C)C)cc3)CC2)C(=O)N(c2ccc3c(=O)onc(C)c3c2)C1=O. The molecule has 0 saturated carbocycles. The third-order valence-corrected chi connectivity index (χ3v) is 8.52. The first-order valence-electron chi connectivity index (χ1n) is 14.9. The highest BCUT2D eigenvalue weighted by Crippen LogP contribution is 2.31. The van der Waals surface area contributed by atoms with Crippen LogP contribution in [0.3, 0.4) is 0 Å². The lowest BCUT2D eigenvalue weighted by Gasteiger charge is -2.34. The summed E-state index contributed by atoms with van der Waals surface area (Å²) in [4.78, 5) is 58.7. The molecule has 2 aromatic carbocycles. The van der Waals surface area contributed by atoms with Gasteiger partial charge in [-0.25, -0.2) is 9.69 Å². The van der Waals surface area contributed by atoms with Crippen molar-refractivity contribution in [3.8, 4) is 0 Å².